The number of carbonyl (C=O) groups is 1. The van der Waals surface area contributed by atoms with E-state index in [4.69, 9.17) is 9.84 Å². The molecule has 5 nitrogen and oxygen atoms in total. The van der Waals surface area contributed by atoms with Crippen molar-refractivity contribution in [3.8, 4) is 0 Å². The minimum atomic E-state index is -0.951. The molecule has 5 heteroatoms. The average Bonchev–Trinajstić information content (AvgIpc) is 2.53. The predicted octanol–water partition coefficient (Wildman–Crippen LogP) is 0.365. The molecule has 0 spiro atoms. The Bertz CT molecular complexity index is 187. The van der Waals surface area contributed by atoms with Gasteiger partial charge in [0.05, 0.1) is 6.61 Å². The average molecular weight is 202 g/mol. The van der Waals surface area contributed by atoms with Gasteiger partial charge in [-0.25, -0.2) is 4.79 Å². The van der Waals surface area contributed by atoms with Crippen LogP contribution in [0.15, 0.2) is 0 Å². The summed E-state index contributed by atoms with van der Waals surface area (Å²) in [6.07, 6.45) is 1.38. The minimum absolute atomic E-state index is 0.468. The van der Waals surface area contributed by atoms with Crippen molar-refractivity contribution in [3.63, 3.8) is 0 Å². The SMILES string of the molecule is COCC1CCCN1CCNC(=O)O. The lowest BCUT2D eigenvalue weighted by molar-refractivity contribution is 0.115. The second kappa shape index (κ2) is 5.82. The third-order valence-corrected chi connectivity index (χ3v) is 2.53. The van der Waals surface area contributed by atoms with E-state index in [0.717, 1.165) is 26.1 Å². The van der Waals surface area contributed by atoms with Crippen LogP contribution in [0.25, 0.3) is 0 Å². The highest BCUT2D eigenvalue weighted by molar-refractivity contribution is 5.64. The van der Waals surface area contributed by atoms with Crippen LogP contribution in [0.2, 0.25) is 0 Å². The molecule has 1 rings (SSSR count). The zero-order valence-corrected chi connectivity index (χ0v) is 8.53. The maximum absolute atomic E-state index is 10.2. The van der Waals surface area contributed by atoms with Crippen LogP contribution < -0.4 is 5.32 Å². The Morgan fingerprint density at radius 1 is 1.71 bits per heavy atom. The van der Waals surface area contributed by atoms with Crippen LogP contribution in [0.5, 0.6) is 0 Å². The summed E-state index contributed by atoms with van der Waals surface area (Å²) in [5.74, 6) is 0. The first-order valence-corrected chi connectivity index (χ1v) is 4.94. The van der Waals surface area contributed by atoms with Gasteiger partial charge in [-0.3, -0.25) is 4.90 Å². The Balaban J connectivity index is 2.18. The van der Waals surface area contributed by atoms with Crippen LogP contribution in [-0.4, -0.2) is 55.5 Å². The third kappa shape index (κ3) is 3.51. The van der Waals surface area contributed by atoms with E-state index in [0.29, 0.717) is 12.6 Å². The lowest BCUT2D eigenvalue weighted by Crippen LogP contribution is -2.39. The number of methoxy groups -OCH3 is 1. The summed E-state index contributed by atoms with van der Waals surface area (Å²) in [6, 6.07) is 0.468. The van der Waals surface area contributed by atoms with E-state index in [1.54, 1.807) is 7.11 Å². The molecule has 14 heavy (non-hydrogen) atoms. The van der Waals surface area contributed by atoms with Crippen LogP contribution in [0.3, 0.4) is 0 Å². The molecule has 0 radical (unpaired) electrons. The van der Waals surface area contributed by atoms with Crippen LogP contribution in [0, 0.1) is 0 Å². The van der Waals surface area contributed by atoms with Crippen LogP contribution in [-0.2, 0) is 4.74 Å². The molecule has 0 aromatic carbocycles. The van der Waals surface area contributed by atoms with Crippen molar-refractivity contribution in [2.75, 3.05) is 33.4 Å². The fraction of sp³-hybridized carbons (Fsp3) is 0.889. The van der Waals surface area contributed by atoms with Crippen molar-refractivity contribution in [1.29, 1.82) is 0 Å². The van der Waals surface area contributed by atoms with E-state index in [1.165, 1.54) is 6.42 Å². The van der Waals surface area contributed by atoms with Gasteiger partial charge >= 0.3 is 6.09 Å². The van der Waals surface area contributed by atoms with Gasteiger partial charge in [-0.1, -0.05) is 0 Å². The molecule has 0 aliphatic carbocycles. The number of likely N-dealkylation sites (tertiary alicyclic amines) is 1. The van der Waals surface area contributed by atoms with Gasteiger partial charge in [-0.2, -0.15) is 0 Å². The number of nitrogens with zero attached hydrogens (tertiary/aromatic N) is 1. The van der Waals surface area contributed by atoms with Crippen LogP contribution in [0.1, 0.15) is 12.8 Å². The third-order valence-electron chi connectivity index (χ3n) is 2.53. The van der Waals surface area contributed by atoms with Gasteiger partial charge in [0.15, 0.2) is 0 Å². The molecular formula is C9H18N2O3. The summed E-state index contributed by atoms with van der Waals surface area (Å²) >= 11 is 0. The van der Waals surface area contributed by atoms with E-state index < -0.39 is 6.09 Å². The summed E-state index contributed by atoms with van der Waals surface area (Å²) in [5.41, 5.74) is 0. The molecular weight excluding hydrogens is 184 g/mol. The zero-order chi connectivity index (χ0) is 10.4. The van der Waals surface area contributed by atoms with Crippen LogP contribution >= 0.6 is 0 Å². The minimum Gasteiger partial charge on any atom is -0.465 e. The molecule has 1 amide bonds. The summed E-state index contributed by atoms with van der Waals surface area (Å²) in [6.45, 7) is 3.07. The van der Waals surface area contributed by atoms with E-state index in [1.807, 2.05) is 0 Å². The predicted molar refractivity (Wildman–Crippen MR) is 52.5 cm³/mol. The summed E-state index contributed by atoms with van der Waals surface area (Å²) in [5, 5.41) is 10.8. The molecule has 1 unspecified atom stereocenters. The molecule has 82 valence electrons. The first-order chi connectivity index (χ1) is 6.74. The van der Waals surface area contributed by atoms with Crippen molar-refractivity contribution >= 4 is 6.09 Å². The van der Waals surface area contributed by atoms with Gasteiger partial charge < -0.3 is 15.2 Å². The monoisotopic (exact) mass is 202 g/mol. The van der Waals surface area contributed by atoms with E-state index in [2.05, 4.69) is 10.2 Å². The van der Waals surface area contributed by atoms with Gasteiger partial charge in [-0.15, -0.1) is 0 Å². The highest BCUT2D eigenvalue weighted by Crippen LogP contribution is 2.16. The van der Waals surface area contributed by atoms with Crippen molar-refractivity contribution in [2.24, 2.45) is 0 Å². The molecule has 2 N–H and O–H groups in total. The van der Waals surface area contributed by atoms with Gasteiger partial charge in [0.2, 0.25) is 0 Å². The maximum atomic E-state index is 10.2. The quantitative estimate of drug-likeness (QED) is 0.676. The lowest BCUT2D eigenvalue weighted by Gasteiger charge is -2.23. The molecule has 1 atom stereocenters. The summed E-state index contributed by atoms with van der Waals surface area (Å²) in [7, 11) is 1.70. The van der Waals surface area contributed by atoms with E-state index in [-0.39, 0.29) is 0 Å². The molecule has 1 fully saturated rings. The number of carboxylic acid groups (broad SMARTS) is 1. The molecule has 1 aliphatic rings. The van der Waals surface area contributed by atoms with Gasteiger partial charge in [-0.05, 0) is 19.4 Å². The van der Waals surface area contributed by atoms with Crippen LogP contribution in [0.4, 0.5) is 4.79 Å². The zero-order valence-electron chi connectivity index (χ0n) is 8.53. The fourth-order valence-electron chi connectivity index (χ4n) is 1.88. The first-order valence-electron chi connectivity index (χ1n) is 4.94. The Kier molecular flexibility index (Phi) is 4.69. The second-order valence-corrected chi connectivity index (χ2v) is 3.52. The molecule has 0 aromatic heterocycles. The molecule has 1 saturated heterocycles. The largest absolute Gasteiger partial charge is 0.465 e. The van der Waals surface area contributed by atoms with Crippen molar-refractivity contribution in [1.82, 2.24) is 10.2 Å². The normalized spacial score (nSPS) is 22.5. The standard InChI is InChI=1S/C9H18N2O3/c1-14-7-8-3-2-5-11(8)6-4-10-9(12)13/h8,10H,2-7H2,1H3,(H,12,13). The lowest BCUT2D eigenvalue weighted by atomic mass is 10.2. The number of hydrogen-bond donors (Lipinski definition) is 2. The van der Waals surface area contributed by atoms with Crippen molar-refractivity contribution in [2.45, 2.75) is 18.9 Å². The van der Waals surface area contributed by atoms with Gasteiger partial charge in [0, 0.05) is 26.2 Å². The Labute approximate surface area is 84.0 Å². The number of nitrogens with one attached hydrogen (secondary N) is 1. The van der Waals surface area contributed by atoms with E-state index >= 15 is 0 Å². The summed E-state index contributed by atoms with van der Waals surface area (Å²) < 4.78 is 5.11. The molecule has 0 saturated carbocycles. The van der Waals surface area contributed by atoms with Gasteiger partial charge in [0.25, 0.3) is 0 Å². The Hall–Kier alpha value is -0.810. The smallest absolute Gasteiger partial charge is 0.404 e. The molecule has 0 bridgehead atoms. The number of hydrogen-bond acceptors (Lipinski definition) is 3. The molecule has 0 aromatic rings. The Morgan fingerprint density at radius 2 is 2.50 bits per heavy atom. The van der Waals surface area contributed by atoms with E-state index in [9.17, 15) is 4.79 Å². The fourth-order valence-corrected chi connectivity index (χ4v) is 1.88. The highest BCUT2D eigenvalue weighted by atomic mass is 16.5. The maximum Gasteiger partial charge on any atom is 0.404 e. The number of rotatable bonds is 5. The number of amides is 1. The number of ether oxygens (including phenoxy) is 1. The summed E-state index contributed by atoms with van der Waals surface area (Å²) in [4.78, 5) is 12.5. The second-order valence-electron chi connectivity index (χ2n) is 3.52. The van der Waals surface area contributed by atoms with Crippen molar-refractivity contribution in [3.05, 3.63) is 0 Å². The topological polar surface area (TPSA) is 61.8 Å². The first kappa shape index (κ1) is 11.3. The Morgan fingerprint density at radius 3 is 3.14 bits per heavy atom. The molecule has 1 heterocycles. The molecule has 1 aliphatic heterocycles. The highest BCUT2D eigenvalue weighted by Gasteiger charge is 2.23. The van der Waals surface area contributed by atoms with Gasteiger partial charge in [0.1, 0.15) is 0 Å². The van der Waals surface area contributed by atoms with Crippen molar-refractivity contribution < 1.29 is 14.6 Å².